The number of hydrogen-bond donors (Lipinski definition) is 1. The van der Waals surface area contributed by atoms with E-state index in [0.29, 0.717) is 5.69 Å². The summed E-state index contributed by atoms with van der Waals surface area (Å²) < 4.78 is 27.2. The van der Waals surface area contributed by atoms with Gasteiger partial charge in [-0.25, -0.2) is 0 Å². The van der Waals surface area contributed by atoms with Crippen LogP contribution in [-0.4, -0.2) is 20.7 Å². The first-order chi connectivity index (χ1) is 8.47. The average molecular weight is 252 g/mol. The number of aromatic nitrogens is 3. The molecule has 2 aromatic rings. The Labute approximate surface area is 101 Å². The van der Waals surface area contributed by atoms with Gasteiger partial charge in [0.1, 0.15) is 5.69 Å². The number of halogens is 2. The lowest BCUT2D eigenvalue weighted by molar-refractivity contribution is 0.101. The summed E-state index contributed by atoms with van der Waals surface area (Å²) in [4.78, 5) is 14.8. The molecule has 2 aromatic heterocycles. The van der Waals surface area contributed by atoms with Crippen LogP contribution in [0.4, 0.5) is 14.5 Å². The molecule has 5 nitrogen and oxygen atoms in total. The van der Waals surface area contributed by atoms with Crippen LogP contribution >= 0.6 is 0 Å². The van der Waals surface area contributed by atoms with Gasteiger partial charge in [0.2, 0.25) is 11.9 Å². The number of carbonyl (C=O) groups excluding carboxylic acids is 1. The molecule has 0 unspecified atom stereocenters. The first kappa shape index (κ1) is 12.2. The molecular weight excluding hydrogens is 242 g/mol. The van der Waals surface area contributed by atoms with Crippen molar-refractivity contribution in [2.75, 3.05) is 5.32 Å². The van der Waals surface area contributed by atoms with Crippen molar-refractivity contribution in [3.63, 3.8) is 0 Å². The molecule has 7 heteroatoms. The molecule has 18 heavy (non-hydrogen) atoms. The number of carbonyl (C=O) groups is 1. The van der Waals surface area contributed by atoms with Gasteiger partial charge in [0.15, 0.2) is 0 Å². The maximum atomic E-state index is 13.2. The maximum Gasteiger partial charge on any atom is 0.274 e. The summed E-state index contributed by atoms with van der Waals surface area (Å²) in [7, 11) is 1.60. The molecule has 1 N–H and O–H groups in total. The quantitative estimate of drug-likeness (QED) is 0.827. The third-order valence-electron chi connectivity index (χ3n) is 2.30. The summed E-state index contributed by atoms with van der Waals surface area (Å²) in [6.07, 6.45) is 0. The Hall–Kier alpha value is -2.31. The zero-order valence-electron chi connectivity index (χ0n) is 9.74. The molecule has 94 valence electrons. The van der Waals surface area contributed by atoms with Crippen LogP contribution in [0.15, 0.2) is 18.2 Å². The highest BCUT2D eigenvalue weighted by molar-refractivity contribution is 6.03. The highest BCUT2D eigenvalue weighted by Gasteiger charge is 2.14. The molecule has 2 heterocycles. The van der Waals surface area contributed by atoms with E-state index in [9.17, 15) is 13.6 Å². The Morgan fingerprint density at radius 3 is 2.67 bits per heavy atom. The number of rotatable bonds is 2. The summed E-state index contributed by atoms with van der Waals surface area (Å²) in [5, 5.41) is 6.30. The number of nitrogens with one attached hydrogen (secondary N) is 1. The Bertz CT molecular complexity index is 609. The molecule has 2 rings (SSSR count). The molecule has 0 aliphatic carbocycles. The van der Waals surface area contributed by atoms with Crippen LogP contribution in [0.2, 0.25) is 0 Å². The fourth-order valence-electron chi connectivity index (χ4n) is 1.51. The monoisotopic (exact) mass is 252 g/mol. The third kappa shape index (κ3) is 2.34. The topological polar surface area (TPSA) is 59.8 Å². The summed E-state index contributed by atoms with van der Waals surface area (Å²) in [6.45, 7) is 1.73. The second-order valence-electron chi connectivity index (χ2n) is 3.72. The van der Waals surface area contributed by atoms with Crippen molar-refractivity contribution in [1.29, 1.82) is 0 Å². The van der Waals surface area contributed by atoms with Gasteiger partial charge in [-0.3, -0.25) is 9.48 Å². The minimum Gasteiger partial charge on any atom is -0.317 e. The zero-order chi connectivity index (χ0) is 13.3. The molecular formula is C11H10F2N4O. The van der Waals surface area contributed by atoms with Crippen LogP contribution in [0.1, 0.15) is 16.2 Å². The SMILES string of the molecule is Cc1cc(C(=O)Nc2ccc(F)nc2F)n(C)n1. The fraction of sp³-hybridized carbons (Fsp3) is 0.182. The maximum absolute atomic E-state index is 13.2. The minimum atomic E-state index is -1.07. The van der Waals surface area contributed by atoms with Crippen molar-refractivity contribution >= 4 is 11.6 Å². The Kier molecular flexibility index (Phi) is 3.05. The van der Waals surface area contributed by atoms with Crippen LogP contribution in [-0.2, 0) is 7.05 Å². The first-order valence-corrected chi connectivity index (χ1v) is 5.11. The van der Waals surface area contributed by atoms with E-state index >= 15 is 0 Å². The molecule has 0 atom stereocenters. The van der Waals surface area contributed by atoms with E-state index in [4.69, 9.17) is 0 Å². The molecule has 1 amide bonds. The van der Waals surface area contributed by atoms with Crippen molar-refractivity contribution in [3.8, 4) is 0 Å². The smallest absolute Gasteiger partial charge is 0.274 e. The van der Waals surface area contributed by atoms with Crippen molar-refractivity contribution in [1.82, 2.24) is 14.8 Å². The van der Waals surface area contributed by atoms with Crippen molar-refractivity contribution in [2.45, 2.75) is 6.92 Å². The number of hydrogen-bond acceptors (Lipinski definition) is 3. The van der Waals surface area contributed by atoms with Crippen LogP contribution in [0.3, 0.4) is 0 Å². The number of pyridine rings is 1. The molecule has 0 saturated heterocycles. The van der Waals surface area contributed by atoms with E-state index in [1.807, 2.05) is 0 Å². The van der Waals surface area contributed by atoms with Gasteiger partial charge < -0.3 is 5.32 Å². The van der Waals surface area contributed by atoms with Crippen LogP contribution in [0.25, 0.3) is 0 Å². The van der Waals surface area contributed by atoms with E-state index < -0.39 is 17.8 Å². The van der Waals surface area contributed by atoms with Crippen LogP contribution < -0.4 is 5.32 Å². The number of aryl methyl sites for hydroxylation is 2. The van der Waals surface area contributed by atoms with Crippen molar-refractivity contribution in [2.24, 2.45) is 7.05 Å². The normalized spacial score (nSPS) is 10.4. The first-order valence-electron chi connectivity index (χ1n) is 5.11. The largest absolute Gasteiger partial charge is 0.317 e. The van der Waals surface area contributed by atoms with Crippen molar-refractivity contribution in [3.05, 3.63) is 41.5 Å². The van der Waals surface area contributed by atoms with E-state index in [-0.39, 0.29) is 11.4 Å². The number of amides is 1. The van der Waals surface area contributed by atoms with E-state index in [1.165, 1.54) is 4.68 Å². The molecule has 0 fully saturated rings. The van der Waals surface area contributed by atoms with Crippen molar-refractivity contribution < 1.29 is 13.6 Å². The second-order valence-corrected chi connectivity index (χ2v) is 3.72. The summed E-state index contributed by atoms with van der Waals surface area (Å²) >= 11 is 0. The summed E-state index contributed by atoms with van der Waals surface area (Å²) in [5.74, 6) is -2.55. The zero-order valence-corrected chi connectivity index (χ0v) is 9.74. The molecule has 0 aliphatic heterocycles. The molecule has 0 aliphatic rings. The Morgan fingerprint density at radius 2 is 2.11 bits per heavy atom. The third-order valence-corrected chi connectivity index (χ3v) is 2.30. The van der Waals surface area contributed by atoms with Crippen LogP contribution in [0.5, 0.6) is 0 Å². The van der Waals surface area contributed by atoms with Gasteiger partial charge in [0.25, 0.3) is 5.91 Å². The summed E-state index contributed by atoms with van der Waals surface area (Å²) in [5.41, 5.74) is 0.761. The van der Waals surface area contributed by atoms with Gasteiger partial charge in [-0.05, 0) is 25.1 Å². The minimum absolute atomic E-state index is 0.180. The highest BCUT2D eigenvalue weighted by Crippen LogP contribution is 2.13. The molecule has 0 radical (unpaired) electrons. The van der Waals surface area contributed by atoms with Gasteiger partial charge in [-0.1, -0.05) is 0 Å². The van der Waals surface area contributed by atoms with Gasteiger partial charge in [-0.2, -0.15) is 18.9 Å². The highest BCUT2D eigenvalue weighted by atomic mass is 19.1. The van der Waals surface area contributed by atoms with Gasteiger partial charge in [-0.15, -0.1) is 0 Å². The molecule has 0 bridgehead atoms. The van der Waals surface area contributed by atoms with Gasteiger partial charge >= 0.3 is 0 Å². The lowest BCUT2D eigenvalue weighted by Crippen LogP contribution is -2.17. The fourth-order valence-corrected chi connectivity index (χ4v) is 1.51. The molecule has 0 saturated carbocycles. The van der Waals surface area contributed by atoms with E-state index in [2.05, 4.69) is 15.4 Å². The van der Waals surface area contributed by atoms with E-state index in [0.717, 1.165) is 12.1 Å². The van der Waals surface area contributed by atoms with Crippen LogP contribution in [0, 0.1) is 18.8 Å². The molecule has 0 spiro atoms. The number of nitrogens with zero attached hydrogens (tertiary/aromatic N) is 3. The Balaban J connectivity index is 2.24. The summed E-state index contributed by atoms with van der Waals surface area (Å²) in [6, 6.07) is 3.64. The predicted octanol–water partition coefficient (Wildman–Crippen LogP) is 1.65. The van der Waals surface area contributed by atoms with Gasteiger partial charge in [0, 0.05) is 7.05 Å². The predicted molar refractivity (Wildman–Crippen MR) is 60.1 cm³/mol. The number of anilines is 1. The van der Waals surface area contributed by atoms with E-state index in [1.54, 1.807) is 20.0 Å². The lowest BCUT2D eigenvalue weighted by Gasteiger charge is -2.05. The Morgan fingerprint density at radius 1 is 1.39 bits per heavy atom. The molecule has 0 aromatic carbocycles. The average Bonchev–Trinajstić information content (AvgIpc) is 2.62. The lowest BCUT2D eigenvalue weighted by atomic mass is 10.3. The standard InChI is InChI=1S/C11H10F2N4O/c1-6-5-8(17(2)16-6)11(18)14-7-3-4-9(12)15-10(7)13/h3-5H,1-2H3,(H,14,18). The van der Waals surface area contributed by atoms with Gasteiger partial charge in [0.05, 0.1) is 11.4 Å². The second kappa shape index (κ2) is 4.52.